The zero-order valence-corrected chi connectivity index (χ0v) is 14.5. The largest absolute Gasteiger partial charge is 0.356 e. The molecule has 3 nitrogen and oxygen atoms in total. The van der Waals surface area contributed by atoms with Gasteiger partial charge in [0.25, 0.3) is 0 Å². The van der Waals surface area contributed by atoms with Crippen molar-refractivity contribution < 1.29 is 4.79 Å². The van der Waals surface area contributed by atoms with Crippen molar-refractivity contribution in [1.82, 2.24) is 0 Å². The molecule has 3 aromatic rings. The van der Waals surface area contributed by atoms with E-state index in [-0.39, 0.29) is 5.78 Å². The second-order valence-corrected chi connectivity index (χ2v) is 6.51. The Morgan fingerprint density at radius 3 is 2.08 bits per heavy atom. The van der Waals surface area contributed by atoms with E-state index in [4.69, 9.17) is 0 Å². The van der Waals surface area contributed by atoms with Gasteiger partial charge in [0, 0.05) is 18.3 Å². The maximum absolute atomic E-state index is 13.7. The number of anilines is 1. The Morgan fingerprint density at radius 1 is 0.885 bits per heavy atom. The lowest BCUT2D eigenvalue weighted by atomic mass is 9.72. The summed E-state index contributed by atoms with van der Waals surface area (Å²) in [5, 5.41) is 10.2. The van der Waals surface area contributed by atoms with E-state index in [9.17, 15) is 10.1 Å². The average molecular weight is 338 g/mol. The van der Waals surface area contributed by atoms with Gasteiger partial charge in [-0.1, -0.05) is 72.8 Å². The van der Waals surface area contributed by atoms with Gasteiger partial charge in [0.05, 0.1) is 6.07 Å². The van der Waals surface area contributed by atoms with Crippen LogP contribution in [0.1, 0.15) is 27.4 Å². The van der Waals surface area contributed by atoms with Gasteiger partial charge in [-0.15, -0.1) is 0 Å². The predicted molar refractivity (Wildman–Crippen MR) is 102 cm³/mol. The lowest BCUT2D eigenvalue weighted by molar-refractivity contribution is 0.0890. The second-order valence-electron chi connectivity index (χ2n) is 6.51. The van der Waals surface area contributed by atoms with Gasteiger partial charge in [-0.25, -0.2) is 0 Å². The van der Waals surface area contributed by atoms with Crippen molar-refractivity contribution in [2.45, 2.75) is 11.5 Å². The molecule has 0 spiro atoms. The van der Waals surface area contributed by atoms with Crippen molar-refractivity contribution in [3.8, 4) is 6.07 Å². The summed E-state index contributed by atoms with van der Waals surface area (Å²) in [6.45, 7) is 0. The Morgan fingerprint density at radius 2 is 1.46 bits per heavy atom. The highest BCUT2D eigenvalue weighted by molar-refractivity contribution is 6.15. The zero-order chi connectivity index (χ0) is 18.1. The molecule has 0 saturated carbocycles. The van der Waals surface area contributed by atoms with Crippen LogP contribution in [0.15, 0.2) is 84.9 Å². The third-order valence-electron chi connectivity index (χ3n) is 5.28. The molecule has 0 fully saturated rings. The van der Waals surface area contributed by atoms with Crippen LogP contribution in [0.2, 0.25) is 0 Å². The average Bonchev–Trinajstić information content (AvgIpc) is 2.93. The van der Waals surface area contributed by atoms with Gasteiger partial charge < -0.3 is 4.90 Å². The highest BCUT2D eigenvalue weighted by Crippen LogP contribution is 2.51. The van der Waals surface area contributed by atoms with Crippen molar-refractivity contribution in [2.24, 2.45) is 0 Å². The summed E-state index contributed by atoms with van der Waals surface area (Å²) in [6, 6.07) is 29.2. The van der Waals surface area contributed by atoms with Gasteiger partial charge in [0.15, 0.2) is 5.78 Å². The van der Waals surface area contributed by atoms with Crippen LogP contribution >= 0.6 is 0 Å². The normalized spacial score (nSPS) is 19.7. The molecule has 0 N–H and O–H groups in total. The fraction of sp³-hybridized carbons (Fsp3) is 0.130. The lowest BCUT2D eigenvalue weighted by Crippen LogP contribution is -2.50. The number of rotatable bonds is 3. The zero-order valence-electron chi connectivity index (χ0n) is 14.5. The van der Waals surface area contributed by atoms with Crippen molar-refractivity contribution in [3.63, 3.8) is 0 Å². The number of ketones is 1. The van der Waals surface area contributed by atoms with E-state index in [2.05, 4.69) is 6.07 Å². The molecule has 26 heavy (non-hydrogen) atoms. The van der Waals surface area contributed by atoms with Crippen LogP contribution in [0.25, 0.3) is 0 Å². The maximum atomic E-state index is 13.7. The van der Waals surface area contributed by atoms with E-state index in [0.717, 1.165) is 16.8 Å². The maximum Gasteiger partial charge on any atom is 0.196 e. The van der Waals surface area contributed by atoms with Crippen LogP contribution in [0.3, 0.4) is 0 Å². The minimum atomic E-state index is -1.08. The first-order valence-electron chi connectivity index (χ1n) is 8.59. The number of nitriles is 1. The van der Waals surface area contributed by atoms with Gasteiger partial charge in [0.1, 0.15) is 11.5 Å². The van der Waals surface area contributed by atoms with Crippen LogP contribution in [0.5, 0.6) is 0 Å². The molecule has 0 unspecified atom stereocenters. The van der Waals surface area contributed by atoms with Crippen LogP contribution in [-0.4, -0.2) is 12.8 Å². The number of hydrogen-bond acceptors (Lipinski definition) is 3. The summed E-state index contributed by atoms with van der Waals surface area (Å²) in [6.07, 6.45) is 0. The fourth-order valence-corrected chi connectivity index (χ4v) is 4.07. The summed E-state index contributed by atoms with van der Waals surface area (Å²) < 4.78 is 0. The standard InChI is InChI=1S/C23H18N2O/c1-25-21-15-9-8-14-19(21)22(26)23(25,18-12-6-3-7-13-18)20(16-24)17-10-4-2-5-11-17/h2-15,20H,1H3/t20-,23+/m0/s1. The highest BCUT2D eigenvalue weighted by atomic mass is 16.1. The van der Waals surface area contributed by atoms with E-state index >= 15 is 0 Å². The van der Waals surface area contributed by atoms with Crippen LogP contribution < -0.4 is 4.90 Å². The molecule has 126 valence electrons. The number of para-hydroxylation sites is 1. The molecule has 0 saturated heterocycles. The van der Waals surface area contributed by atoms with Crippen molar-refractivity contribution in [2.75, 3.05) is 11.9 Å². The Labute approximate surface area is 153 Å². The molecule has 4 rings (SSSR count). The van der Waals surface area contributed by atoms with Gasteiger partial charge >= 0.3 is 0 Å². The Kier molecular flexibility index (Phi) is 3.82. The third-order valence-corrected chi connectivity index (χ3v) is 5.28. The van der Waals surface area contributed by atoms with E-state index in [1.54, 1.807) is 0 Å². The minimum absolute atomic E-state index is 0.0304. The molecule has 0 aromatic heterocycles. The van der Waals surface area contributed by atoms with Gasteiger partial charge in [-0.2, -0.15) is 5.26 Å². The number of carbonyl (C=O) groups excluding carboxylic acids is 1. The number of fused-ring (bicyclic) bond motifs is 1. The molecular weight excluding hydrogens is 320 g/mol. The monoisotopic (exact) mass is 338 g/mol. The van der Waals surface area contributed by atoms with Gasteiger partial charge in [0.2, 0.25) is 0 Å². The summed E-state index contributed by atoms with van der Waals surface area (Å²) in [5.41, 5.74) is 2.11. The Hall–Kier alpha value is -3.38. The Balaban J connectivity index is 2.03. The van der Waals surface area contributed by atoms with Crippen LogP contribution in [0.4, 0.5) is 5.69 Å². The van der Waals surface area contributed by atoms with Crippen molar-refractivity contribution in [1.29, 1.82) is 5.26 Å². The summed E-state index contributed by atoms with van der Waals surface area (Å²) in [4.78, 5) is 15.7. The molecule has 0 aliphatic carbocycles. The number of Topliss-reactive ketones (excluding diaryl/α,β-unsaturated/α-hetero) is 1. The lowest BCUT2D eigenvalue weighted by Gasteiger charge is -2.40. The smallest absolute Gasteiger partial charge is 0.196 e. The van der Waals surface area contributed by atoms with Crippen molar-refractivity contribution >= 4 is 11.5 Å². The number of hydrogen-bond donors (Lipinski definition) is 0. The molecule has 2 atom stereocenters. The minimum Gasteiger partial charge on any atom is -0.356 e. The van der Waals surface area contributed by atoms with Crippen molar-refractivity contribution in [3.05, 3.63) is 102 Å². The number of nitrogens with zero attached hydrogens (tertiary/aromatic N) is 2. The van der Waals surface area contributed by atoms with Gasteiger partial charge in [-0.05, 0) is 23.3 Å². The van der Waals surface area contributed by atoms with Gasteiger partial charge in [-0.3, -0.25) is 4.79 Å². The third kappa shape index (κ3) is 2.09. The predicted octanol–water partition coefficient (Wildman–Crippen LogP) is 4.52. The SMILES string of the molecule is CN1c2ccccc2C(=O)[C@@]1(c1ccccc1)[C@@H](C#N)c1ccccc1. The van der Waals surface area contributed by atoms with E-state index in [0.29, 0.717) is 5.56 Å². The molecule has 1 heterocycles. The quantitative estimate of drug-likeness (QED) is 0.705. The highest BCUT2D eigenvalue weighted by Gasteiger charge is 2.56. The van der Waals surface area contributed by atoms with E-state index < -0.39 is 11.5 Å². The second kappa shape index (κ2) is 6.16. The Bertz CT molecular complexity index is 991. The molecule has 0 bridgehead atoms. The van der Waals surface area contributed by atoms with Crippen LogP contribution in [0, 0.1) is 11.3 Å². The topological polar surface area (TPSA) is 44.1 Å². The van der Waals surface area contributed by atoms with E-state index in [1.807, 2.05) is 96.9 Å². The molecule has 3 heteroatoms. The molecule has 3 aromatic carbocycles. The first-order valence-corrected chi connectivity index (χ1v) is 8.59. The molecule has 0 radical (unpaired) electrons. The van der Waals surface area contributed by atoms with Crippen LogP contribution in [-0.2, 0) is 5.54 Å². The number of carbonyl (C=O) groups is 1. The molecule has 0 amide bonds. The molecule has 1 aliphatic heterocycles. The molecular formula is C23H18N2O. The first-order chi connectivity index (χ1) is 12.7. The summed E-state index contributed by atoms with van der Waals surface area (Å²) in [5.74, 6) is -0.659. The number of likely N-dealkylation sites (N-methyl/N-ethyl adjacent to an activating group) is 1. The first kappa shape index (κ1) is 16.1. The summed E-state index contributed by atoms with van der Waals surface area (Å²) in [7, 11) is 1.91. The summed E-state index contributed by atoms with van der Waals surface area (Å²) >= 11 is 0. The fourth-order valence-electron chi connectivity index (χ4n) is 4.07. The number of benzene rings is 3. The molecule has 1 aliphatic rings. The van der Waals surface area contributed by atoms with E-state index in [1.165, 1.54) is 0 Å².